The van der Waals surface area contributed by atoms with Gasteiger partial charge in [0, 0.05) is 23.4 Å². The lowest BCUT2D eigenvalue weighted by Crippen LogP contribution is -2.26. The molecule has 2 aromatic carbocycles. The van der Waals surface area contributed by atoms with Crippen molar-refractivity contribution in [1.29, 1.82) is 0 Å². The van der Waals surface area contributed by atoms with Crippen LogP contribution in [-0.4, -0.2) is 28.3 Å². The fourth-order valence-electron chi connectivity index (χ4n) is 5.40. The topological polar surface area (TPSA) is 62.7 Å². The second kappa shape index (κ2) is 10.3. The van der Waals surface area contributed by atoms with Gasteiger partial charge in [0.25, 0.3) is 0 Å². The van der Waals surface area contributed by atoms with Gasteiger partial charge in [-0.25, -0.2) is 0 Å². The number of hydrogen-bond acceptors (Lipinski definition) is 3. The minimum Gasteiger partial charge on any atom is -0.481 e. The van der Waals surface area contributed by atoms with Crippen LogP contribution in [0.15, 0.2) is 60.9 Å². The normalized spacial score (nSPS) is 17.4. The quantitative estimate of drug-likeness (QED) is 0.309. The molecule has 0 amide bonds. The van der Waals surface area contributed by atoms with Crippen molar-refractivity contribution >= 4 is 5.97 Å². The average molecular weight is 472 g/mol. The Bertz CT molecular complexity index is 1170. The fraction of sp³-hybridized carbons (Fsp3) is 0.419. The number of ether oxygens (including phenoxy) is 1. The average Bonchev–Trinajstić information content (AvgIpc) is 3.65. The largest absolute Gasteiger partial charge is 0.481 e. The molecule has 0 spiro atoms. The van der Waals surface area contributed by atoms with Gasteiger partial charge in [0.1, 0.15) is 0 Å². The molecule has 4 heteroatoms. The number of carboxylic acid groups (broad SMARTS) is 1. The van der Waals surface area contributed by atoms with Crippen molar-refractivity contribution in [1.82, 2.24) is 4.98 Å². The fourth-order valence-corrected chi connectivity index (χ4v) is 5.40. The molecule has 1 aliphatic heterocycles. The Morgan fingerprint density at radius 1 is 1.00 bits per heavy atom. The summed E-state index contributed by atoms with van der Waals surface area (Å²) in [7, 11) is 0. The van der Waals surface area contributed by atoms with Gasteiger partial charge in [-0.2, -0.15) is 0 Å². The first kappa shape index (κ1) is 25.1. The van der Waals surface area contributed by atoms with Gasteiger partial charge in [0.2, 0.25) is 0 Å². The van der Waals surface area contributed by atoms with E-state index in [9.17, 15) is 4.79 Å². The smallest absolute Gasteiger partial charge is 0.307 e. The summed E-state index contributed by atoms with van der Waals surface area (Å²) in [6.07, 6.45) is 8.69. The first-order valence-corrected chi connectivity index (χ1v) is 12.9. The maximum absolute atomic E-state index is 11.1. The maximum Gasteiger partial charge on any atom is 0.307 e. The molecule has 1 fully saturated rings. The Balaban J connectivity index is 1.59. The molecule has 1 unspecified atom stereocenters. The number of epoxide rings is 1. The molecule has 4 rings (SSSR count). The molecule has 4 nitrogen and oxygen atoms in total. The summed E-state index contributed by atoms with van der Waals surface area (Å²) in [5, 5.41) is 9.10. The molecular formula is C31H37NO3. The molecular weight excluding hydrogens is 434 g/mol. The molecule has 0 aliphatic carbocycles. The highest BCUT2D eigenvalue weighted by molar-refractivity contribution is 5.71. The van der Waals surface area contributed by atoms with Crippen LogP contribution in [0, 0.1) is 6.92 Å². The lowest BCUT2D eigenvalue weighted by atomic mass is 9.70. The lowest BCUT2D eigenvalue weighted by molar-refractivity contribution is -0.136. The van der Waals surface area contributed by atoms with Crippen LogP contribution >= 0.6 is 0 Å². The second-order valence-electron chi connectivity index (χ2n) is 9.99. The summed E-state index contributed by atoms with van der Waals surface area (Å²) in [5.74, 6) is -0.845. The molecule has 0 bridgehead atoms. The molecule has 1 N–H and O–H groups in total. The van der Waals surface area contributed by atoms with Crippen LogP contribution in [0.3, 0.4) is 0 Å². The number of benzene rings is 2. The van der Waals surface area contributed by atoms with E-state index in [0.29, 0.717) is 5.56 Å². The molecule has 2 heterocycles. The van der Waals surface area contributed by atoms with Crippen molar-refractivity contribution < 1.29 is 14.6 Å². The van der Waals surface area contributed by atoms with E-state index < -0.39 is 5.97 Å². The summed E-state index contributed by atoms with van der Waals surface area (Å²) < 4.78 is 5.71. The highest BCUT2D eigenvalue weighted by Gasteiger charge is 2.42. The molecule has 0 saturated carbocycles. The highest BCUT2D eigenvalue weighted by atomic mass is 16.6. The molecule has 1 aromatic heterocycles. The predicted molar refractivity (Wildman–Crippen MR) is 141 cm³/mol. The zero-order valence-electron chi connectivity index (χ0n) is 21.4. The lowest BCUT2D eigenvalue weighted by Gasteiger charge is -2.34. The number of carboxylic acids is 1. The molecule has 1 aliphatic rings. The van der Waals surface area contributed by atoms with Gasteiger partial charge < -0.3 is 9.84 Å². The summed E-state index contributed by atoms with van der Waals surface area (Å²) >= 11 is 0. The van der Waals surface area contributed by atoms with E-state index in [1.165, 1.54) is 22.3 Å². The summed E-state index contributed by atoms with van der Waals surface area (Å²) in [5.41, 5.74) is 8.25. The van der Waals surface area contributed by atoms with E-state index in [4.69, 9.17) is 9.84 Å². The molecule has 184 valence electrons. The van der Waals surface area contributed by atoms with E-state index in [2.05, 4.69) is 75.1 Å². The van der Waals surface area contributed by atoms with E-state index >= 15 is 0 Å². The van der Waals surface area contributed by atoms with E-state index in [1.807, 2.05) is 6.07 Å². The van der Waals surface area contributed by atoms with Crippen molar-refractivity contribution in [3.8, 4) is 11.1 Å². The third-order valence-corrected chi connectivity index (χ3v) is 8.07. The number of aryl methyl sites for hydroxylation is 2. The van der Waals surface area contributed by atoms with Crippen LogP contribution in [0.1, 0.15) is 74.3 Å². The summed E-state index contributed by atoms with van der Waals surface area (Å²) in [4.78, 5) is 15.3. The SMILES string of the molecule is CCC1(CCc2ccc(C(CC)(CC)c3ccc(-c4cncc(CC(=O)O)c4)cc3)cc2C)CO1. The van der Waals surface area contributed by atoms with Crippen LogP contribution in [0.5, 0.6) is 0 Å². The third kappa shape index (κ3) is 5.33. The van der Waals surface area contributed by atoms with Gasteiger partial charge in [-0.15, -0.1) is 0 Å². The van der Waals surface area contributed by atoms with Crippen LogP contribution in [0.2, 0.25) is 0 Å². The van der Waals surface area contributed by atoms with Crippen molar-refractivity contribution in [2.24, 2.45) is 0 Å². The van der Waals surface area contributed by atoms with Crippen molar-refractivity contribution in [2.45, 2.75) is 77.2 Å². The molecule has 0 radical (unpaired) electrons. The Morgan fingerprint density at radius 3 is 2.26 bits per heavy atom. The minimum absolute atomic E-state index is 0.0183. The van der Waals surface area contributed by atoms with Crippen LogP contribution in [0.4, 0.5) is 0 Å². The molecule has 3 aromatic rings. The molecule has 35 heavy (non-hydrogen) atoms. The number of nitrogens with zero attached hydrogens (tertiary/aromatic N) is 1. The Morgan fingerprint density at radius 2 is 1.69 bits per heavy atom. The zero-order valence-corrected chi connectivity index (χ0v) is 21.4. The van der Waals surface area contributed by atoms with E-state index in [1.54, 1.807) is 12.4 Å². The monoisotopic (exact) mass is 471 g/mol. The molecule has 1 saturated heterocycles. The zero-order chi connectivity index (χ0) is 25.1. The van der Waals surface area contributed by atoms with Crippen LogP contribution in [-0.2, 0) is 27.8 Å². The van der Waals surface area contributed by atoms with Crippen LogP contribution < -0.4 is 0 Å². The van der Waals surface area contributed by atoms with Crippen LogP contribution in [0.25, 0.3) is 11.1 Å². The standard InChI is InChI=1S/C31H37NO3/c1-5-30(21-35-30)15-14-24-8-13-28(16-22(24)4)31(6-2,7-3)27-11-9-25(10-12-27)26-17-23(18-29(33)34)19-32-20-26/h8-13,16-17,19-20H,5-7,14-15,18,21H2,1-4H3,(H,33,34). The Labute approximate surface area is 209 Å². The van der Waals surface area contributed by atoms with Gasteiger partial charge in [0.05, 0.1) is 18.6 Å². The Hall–Kier alpha value is -2.98. The van der Waals surface area contributed by atoms with Gasteiger partial charge in [-0.1, -0.05) is 63.2 Å². The number of aliphatic carboxylic acids is 1. The second-order valence-corrected chi connectivity index (χ2v) is 9.99. The number of carbonyl (C=O) groups is 1. The minimum atomic E-state index is -0.845. The number of pyridine rings is 1. The third-order valence-electron chi connectivity index (χ3n) is 8.07. The summed E-state index contributed by atoms with van der Waals surface area (Å²) in [6, 6.07) is 17.7. The van der Waals surface area contributed by atoms with Crippen molar-refractivity contribution in [3.05, 3.63) is 88.7 Å². The van der Waals surface area contributed by atoms with Gasteiger partial charge in [0.15, 0.2) is 0 Å². The van der Waals surface area contributed by atoms with E-state index in [-0.39, 0.29) is 17.4 Å². The maximum atomic E-state index is 11.1. The first-order chi connectivity index (χ1) is 16.8. The van der Waals surface area contributed by atoms with Gasteiger partial charge in [-0.3, -0.25) is 9.78 Å². The van der Waals surface area contributed by atoms with Gasteiger partial charge in [-0.05, 0) is 78.5 Å². The summed E-state index contributed by atoms with van der Waals surface area (Å²) in [6.45, 7) is 9.91. The molecule has 1 atom stereocenters. The first-order valence-electron chi connectivity index (χ1n) is 12.9. The van der Waals surface area contributed by atoms with Crippen molar-refractivity contribution in [3.63, 3.8) is 0 Å². The number of hydrogen-bond donors (Lipinski definition) is 1. The van der Waals surface area contributed by atoms with Crippen molar-refractivity contribution in [2.75, 3.05) is 6.61 Å². The number of rotatable bonds is 11. The highest BCUT2D eigenvalue weighted by Crippen LogP contribution is 2.41. The number of aromatic nitrogens is 1. The van der Waals surface area contributed by atoms with E-state index in [0.717, 1.165) is 49.8 Å². The van der Waals surface area contributed by atoms with Gasteiger partial charge >= 0.3 is 5.97 Å². The predicted octanol–water partition coefficient (Wildman–Crippen LogP) is 6.90. The Kier molecular flexibility index (Phi) is 7.42.